The van der Waals surface area contributed by atoms with Gasteiger partial charge in [-0.25, -0.2) is 0 Å². The summed E-state index contributed by atoms with van der Waals surface area (Å²) in [6.07, 6.45) is 0.403. The molecule has 1 aromatic carbocycles. The molecule has 0 aliphatic heterocycles. The number of aryl methyl sites for hydroxylation is 1. The van der Waals surface area contributed by atoms with Gasteiger partial charge in [-0.1, -0.05) is 15.9 Å². The molecule has 3 nitrogen and oxygen atoms in total. The Labute approximate surface area is 106 Å². The third kappa shape index (κ3) is 4.68. The van der Waals surface area contributed by atoms with E-state index in [9.17, 15) is 13.6 Å². The predicted molar refractivity (Wildman–Crippen MR) is 61.1 cm³/mol. The van der Waals surface area contributed by atoms with Crippen molar-refractivity contribution in [1.82, 2.24) is 0 Å². The summed E-state index contributed by atoms with van der Waals surface area (Å²) in [5.41, 5.74) is 0.532. The van der Waals surface area contributed by atoms with Gasteiger partial charge in [0, 0.05) is 10.9 Å². The van der Waals surface area contributed by atoms with Gasteiger partial charge in [-0.05, 0) is 30.2 Å². The van der Waals surface area contributed by atoms with E-state index >= 15 is 0 Å². The SMILES string of the molecule is COC(=O)CCc1cc(Br)ccc1OC(F)F. The second-order valence-electron chi connectivity index (χ2n) is 3.21. The Bertz CT molecular complexity index is 396. The molecule has 94 valence electrons. The van der Waals surface area contributed by atoms with E-state index in [0.29, 0.717) is 5.56 Å². The van der Waals surface area contributed by atoms with Crippen molar-refractivity contribution < 1.29 is 23.0 Å². The van der Waals surface area contributed by atoms with Crippen LogP contribution in [0, 0.1) is 0 Å². The smallest absolute Gasteiger partial charge is 0.387 e. The lowest BCUT2D eigenvalue weighted by Gasteiger charge is -2.10. The first-order chi connectivity index (χ1) is 8.02. The molecule has 0 aliphatic carbocycles. The normalized spacial score (nSPS) is 10.4. The molecule has 0 saturated heterocycles. The Morgan fingerprint density at radius 2 is 2.18 bits per heavy atom. The van der Waals surface area contributed by atoms with Crippen LogP contribution in [0.4, 0.5) is 8.78 Å². The minimum Gasteiger partial charge on any atom is -0.469 e. The summed E-state index contributed by atoms with van der Waals surface area (Å²) in [5.74, 6) is -0.319. The zero-order valence-electron chi connectivity index (χ0n) is 9.08. The van der Waals surface area contributed by atoms with Crippen LogP contribution < -0.4 is 4.74 Å². The number of halogens is 3. The van der Waals surface area contributed by atoms with Gasteiger partial charge >= 0.3 is 12.6 Å². The molecule has 0 atom stereocenters. The van der Waals surface area contributed by atoms with E-state index in [1.807, 2.05) is 0 Å². The molecule has 0 saturated carbocycles. The number of ether oxygens (including phenoxy) is 2. The monoisotopic (exact) mass is 308 g/mol. The summed E-state index contributed by atoms with van der Waals surface area (Å²) in [7, 11) is 1.28. The molecule has 0 unspecified atom stereocenters. The number of hydrogen-bond acceptors (Lipinski definition) is 3. The van der Waals surface area contributed by atoms with Gasteiger partial charge in [0.15, 0.2) is 0 Å². The lowest BCUT2D eigenvalue weighted by atomic mass is 10.1. The highest BCUT2D eigenvalue weighted by Crippen LogP contribution is 2.26. The van der Waals surface area contributed by atoms with E-state index in [1.165, 1.54) is 13.2 Å². The molecule has 0 heterocycles. The quantitative estimate of drug-likeness (QED) is 0.784. The highest BCUT2D eigenvalue weighted by molar-refractivity contribution is 9.10. The molecule has 0 aliphatic rings. The molecular formula is C11H11BrF2O3. The largest absolute Gasteiger partial charge is 0.469 e. The molecule has 0 spiro atoms. The van der Waals surface area contributed by atoms with Gasteiger partial charge in [0.2, 0.25) is 0 Å². The van der Waals surface area contributed by atoms with Crippen LogP contribution in [0.2, 0.25) is 0 Å². The van der Waals surface area contributed by atoms with Crippen LogP contribution in [0.5, 0.6) is 5.75 Å². The van der Waals surface area contributed by atoms with Gasteiger partial charge in [-0.2, -0.15) is 8.78 Å². The van der Waals surface area contributed by atoms with Crippen molar-refractivity contribution >= 4 is 21.9 Å². The lowest BCUT2D eigenvalue weighted by molar-refractivity contribution is -0.140. The number of carbonyl (C=O) groups excluding carboxylic acids is 1. The molecule has 0 radical (unpaired) electrons. The van der Waals surface area contributed by atoms with Crippen LogP contribution in [-0.4, -0.2) is 19.7 Å². The van der Waals surface area contributed by atoms with Crippen molar-refractivity contribution in [3.8, 4) is 5.75 Å². The highest BCUT2D eigenvalue weighted by atomic mass is 79.9. The molecular weight excluding hydrogens is 298 g/mol. The van der Waals surface area contributed by atoms with E-state index in [2.05, 4.69) is 25.4 Å². The topological polar surface area (TPSA) is 35.5 Å². The molecule has 6 heteroatoms. The molecule has 0 bridgehead atoms. The molecule has 0 N–H and O–H groups in total. The Hall–Kier alpha value is -1.17. The first kappa shape index (κ1) is 13.9. The second kappa shape index (κ2) is 6.54. The molecule has 0 fully saturated rings. The van der Waals surface area contributed by atoms with Crippen molar-refractivity contribution in [3.63, 3.8) is 0 Å². The van der Waals surface area contributed by atoms with Gasteiger partial charge in [0.25, 0.3) is 0 Å². The minimum absolute atomic E-state index is 0.0760. The Balaban J connectivity index is 2.79. The average molecular weight is 309 g/mol. The second-order valence-corrected chi connectivity index (χ2v) is 4.12. The third-order valence-corrected chi connectivity index (χ3v) is 2.56. The van der Waals surface area contributed by atoms with Crippen molar-refractivity contribution in [2.24, 2.45) is 0 Å². The number of alkyl halides is 2. The predicted octanol–water partition coefficient (Wildman–Crippen LogP) is 3.16. The van der Waals surface area contributed by atoms with Crippen LogP contribution in [0.25, 0.3) is 0 Å². The number of esters is 1. The van der Waals surface area contributed by atoms with E-state index < -0.39 is 12.6 Å². The fraction of sp³-hybridized carbons (Fsp3) is 0.364. The van der Waals surface area contributed by atoms with Crippen molar-refractivity contribution in [2.45, 2.75) is 19.5 Å². The fourth-order valence-corrected chi connectivity index (χ4v) is 1.70. The first-order valence-electron chi connectivity index (χ1n) is 4.83. The molecule has 17 heavy (non-hydrogen) atoms. The van der Waals surface area contributed by atoms with Crippen LogP contribution in [0.3, 0.4) is 0 Å². The van der Waals surface area contributed by atoms with E-state index in [-0.39, 0.29) is 18.6 Å². The average Bonchev–Trinajstić information content (AvgIpc) is 2.28. The molecule has 0 amide bonds. The number of hydrogen-bond donors (Lipinski definition) is 0. The Morgan fingerprint density at radius 3 is 2.76 bits per heavy atom. The zero-order valence-corrected chi connectivity index (χ0v) is 10.7. The Morgan fingerprint density at radius 1 is 1.47 bits per heavy atom. The lowest BCUT2D eigenvalue weighted by Crippen LogP contribution is -2.07. The first-order valence-corrected chi connectivity index (χ1v) is 5.62. The summed E-state index contributed by atoms with van der Waals surface area (Å²) in [4.78, 5) is 11.0. The zero-order chi connectivity index (χ0) is 12.8. The van der Waals surface area contributed by atoms with Crippen LogP contribution >= 0.6 is 15.9 Å². The van der Waals surface area contributed by atoms with Crippen LogP contribution in [0.1, 0.15) is 12.0 Å². The summed E-state index contributed by atoms with van der Waals surface area (Å²) in [5, 5.41) is 0. The number of rotatable bonds is 5. The number of benzene rings is 1. The standard InChI is InChI=1S/C11H11BrF2O3/c1-16-10(15)5-2-7-6-8(12)3-4-9(7)17-11(13)14/h3-4,6,11H,2,5H2,1H3. The maximum Gasteiger partial charge on any atom is 0.387 e. The minimum atomic E-state index is -2.88. The molecule has 1 rings (SSSR count). The van der Waals surface area contributed by atoms with Gasteiger partial charge < -0.3 is 9.47 Å². The Kier molecular flexibility index (Phi) is 5.34. The van der Waals surface area contributed by atoms with E-state index in [1.54, 1.807) is 12.1 Å². The fourth-order valence-electron chi connectivity index (χ4n) is 1.29. The van der Waals surface area contributed by atoms with Gasteiger partial charge in [0.05, 0.1) is 7.11 Å². The maximum atomic E-state index is 12.1. The molecule has 0 aromatic heterocycles. The van der Waals surface area contributed by atoms with Crippen LogP contribution in [0.15, 0.2) is 22.7 Å². The summed E-state index contributed by atoms with van der Waals surface area (Å²) in [6, 6.07) is 4.67. The number of methoxy groups -OCH3 is 1. The van der Waals surface area contributed by atoms with Crippen LogP contribution in [-0.2, 0) is 16.0 Å². The van der Waals surface area contributed by atoms with Crippen molar-refractivity contribution in [2.75, 3.05) is 7.11 Å². The van der Waals surface area contributed by atoms with Gasteiger partial charge in [0.1, 0.15) is 5.75 Å². The third-order valence-electron chi connectivity index (χ3n) is 2.06. The van der Waals surface area contributed by atoms with Gasteiger partial charge in [-0.15, -0.1) is 0 Å². The maximum absolute atomic E-state index is 12.1. The molecule has 1 aromatic rings. The summed E-state index contributed by atoms with van der Waals surface area (Å²) < 4.78 is 33.9. The van der Waals surface area contributed by atoms with Crippen molar-refractivity contribution in [3.05, 3.63) is 28.2 Å². The van der Waals surface area contributed by atoms with E-state index in [4.69, 9.17) is 0 Å². The van der Waals surface area contributed by atoms with Gasteiger partial charge in [-0.3, -0.25) is 4.79 Å². The summed E-state index contributed by atoms with van der Waals surface area (Å²) in [6.45, 7) is -2.88. The highest BCUT2D eigenvalue weighted by Gasteiger charge is 2.11. The number of carbonyl (C=O) groups is 1. The van der Waals surface area contributed by atoms with Crippen molar-refractivity contribution in [1.29, 1.82) is 0 Å². The van der Waals surface area contributed by atoms with E-state index in [0.717, 1.165) is 4.47 Å². The summed E-state index contributed by atoms with van der Waals surface area (Å²) >= 11 is 3.23.